The number of hydrogen-bond acceptors (Lipinski definition) is 2. The third-order valence-electron chi connectivity index (χ3n) is 4.31. The van der Waals surface area contributed by atoms with Gasteiger partial charge < -0.3 is 5.21 Å². The zero-order valence-corrected chi connectivity index (χ0v) is 14.6. The van der Waals surface area contributed by atoms with E-state index >= 15 is 0 Å². The van der Waals surface area contributed by atoms with Gasteiger partial charge in [-0.05, 0) is 41.7 Å². The van der Waals surface area contributed by atoms with Crippen molar-refractivity contribution in [3.63, 3.8) is 0 Å². The smallest absolute Gasteiger partial charge is 0.251 e. The number of benzene rings is 2. The summed E-state index contributed by atoms with van der Waals surface area (Å²) in [5.41, 5.74) is 5.89. The highest BCUT2D eigenvalue weighted by Gasteiger charge is 2.17. The van der Waals surface area contributed by atoms with Gasteiger partial charge in [-0.25, -0.2) is 0 Å². The van der Waals surface area contributed by atoms with Crippen LogP contribution < -0.4 is 0 Å². The SMILES string of the molecule is CCc1cccc(CC)c1N=[N+]([O-])c1c(CC)cccc1CC. The molecule has 0 aliphatic heterocycles. The molecule has 0 heterocycles. The molecule has 0 atom stereocenters. The third kappa shape index (κ3) is 3.61. The Morgan fingerprint density at radius 2 is 1.13 bits per heavy atom. The molecule has 3 nitrogen and oxygen atoms in total. The standard InChI is InChI=1S/C20H26N2O/c1-5-15-11-9-12-16(6-2)19(15)21-22(23)20-17(7-3)13-10-14-18(20)8-4/h9-14H,5-8H2,1-4H3. The second-order valence-electron chi connectivity index (χ2n) is 5.64. The number of hydrogen-bond donors (Lipinski definition) is 0. The molecule has 0 spiro atoms. The molecule has 0 saturated carbocycles. The summed E-state index contributed by atoms with van der Waals surface area (Å²) in [5, 5.41) is 17.3. The van der Waals surface area contributed by atoms with Gasteiger partial charge in [-0.2, -0.15) is 0 Å². The lowest BCUT2D eigenvalue weighted by Crippen LogP contribution is -2.01. The van der Waals surface area contributed by atoms with Gasteiger partial charge in [0.25, 0.3) is 5.69 Å². The van der Waals surface area contributed by atoms with Crippen molar-refractivity contribution in [2.24, 2.45) is 5.11 Å². The van der Waals surface area contributed by atoms with Crippen LogP contribution in [0.3, 0.4) is 0 Å². The molecule has 0 bridgehead atoms. The van der Waals surface area contributed by atoms with E-state index in [1.165, 1.54) is 0 Å². The number of para-hydroxylation sites is 1. The molecule has 23 heavy (non-hydrogen) atoms. The minimum absolute atomic E-state index is 0.713. The van der Waals surface area contributed by atoms with Crippen LogP contribution in [-0.4, -0.2) is 4.86 Å². The highest BCUT2D eigenvalue weighted by Crippen LogP contribution is 2.30. The van der Waals surface area contributed by atoms with Crippen molar-refractivity contribution in [2.75, 3.05) is 0 Å². The van der Waals surface area contributed by atoms with Crippen LogP contribution in [0.5, 0.6) is 0 Å². The maximum Gasteiger partial charge on any atom is 0.251 e. The minimum atomic E-state index is 0.713. The predicted octanol–water partition coefficient (Wildman–Crippen LogP) is 5.86. The van der Waals surface area contributed by atoms with Crippen LogP contribution in [0.2, 0.25) is 0 Å². The van der Waals surface area contributed by atoms with E-state index in [0.717, 1.165) is 58.5 Å². The van der Waals surface area contributed by atoms with Gasteiger partial charge in [0.15, 0.2) is 0 Å². The van der Waals surface area contributed by atoms with E-state index in [0.29, 0.717) is 5.69 Å². The van der Waals surface area contributed by atoms with Crippen LogP contribution in [0.1, 0.15) is 49.9 Å². The Kier molecular flexibility index (Phi) is 5.91. The predicted molar refractivity (Wildman–Crippen MR) is 95.8 cm³/mol. The molecular weight excluding hydrogens is 284 g/mol. The van der Waals surface area contributed by atoms with Gasteiger partial charge in [0.05, 0.1) is 0 Å². The van der Waals surface area contributed by atoms with Gasteiger partial charge in [-0.3, -0.25) is 0 Å². The molecule has 2 rings (SSSR count). The van der Waals surface area contributed by atoms with E-state index in [4.69, 9.17) is 0 Å². The lowest BCUT2D eigenvalue weighted by atomic mass is 10.0. The van der Waals surface area contributed by atoms with E-state index in [2.05, 4.69) is 44.9 Å². The summed E-state index contributed by atoms with van der Waals surface area (Å²) < 4.78 is 0. The molecule has 0 saturated heterocycles. The Labute approximate surface area is 139 Å². The fraction of sp³-hybridized carbons (Fsp3) is 0.400. The molecule has 2 aromatic carbocycles. The average Bonchev–Trinajstić information content (AvgIpc) is 2.60. The zero-order chi connectivity index (χ0) is 16.8. The monoisotopic (exact) mass is 310 g/mol. The van der Waals surface area contributed by atoms with Crippen LogP contribution in [0.15, 0.2) is 41.5 Å². The van der Waals surface area contributed by atoms with Crippen LogP contribution >= 0.6 is 0 Å². The lowest BCUT2D eigenvalue weighted by molar-refractivity contribution is -0.436. The first-order valence-electron chi connectivity index (χ1n) is 8.56. The van der Waals surface area contributed by atoms with Gasteiger partial charge in [-0.1, -0.05) is 64.1 Å². The van der Waals surface area contributed by atoms with Gasteiger partial charge in [0, 0.05) is 16.2 Å². The summed E-state index contributed by atoms with van der Waals surface area (Å²) in [5.74, 6) is 0. The molecule has 0 radical (unpaired) electrons. The fourth-order valence-electron chi connectivity index (χ4n) is 2.95. The van der Waals surface area contributed by atoms with Gasteiger partial charge in [0.2, 0.25) is 0 Å². The van der Waals surface area contributed by atoms with Gasteiger partial charge >= 0.3 is 0 Å². The number of aryl methyl sites for hydroxylation is 4. The zero-order valence-electron chi connectivity index (χ0n) is 14.6. The topological polar surface area (TPSA) is 38.4 Å². The molecule has 0 fully saturated rings. The Morgan fingerprint density at radius 3 is 1.52 bits per heavy atom. The molecule has 2 aromatic rings. The molecule has 0 N–H and O–H groups in total. The highest BCUT2D eigenvalue weighted by molar-refractivity contribution is 5.53. The molecule has 0 amide bonds. The van der Waals surface area contributed by atoms with Gasteiger partial charge in [0.1, 0.15) is 5.69 Å². The Balaban J connectivity index is 2.62. The molecule has 0 aliphatic carbocycles. The van der Waals surface area contributed by atoms with Crippen molar-refractivity contribution in [3.05, 3.63) is 63.9 Å². The van der Waals surface area contributed by atoms with E-state index in [1.807, 2.05) is 24.3 Å². The van der Waals surface area contributed by atoms with E-state index in [-0.39, 0.29) is 0 Å². The third-order valence-corrected chi connectivity index (χ3v) is 4.31. The molecule has 0 aliphatic rings. The summed E-state index contributed by atoms with van der Waals surface area (Å²) in [6.45, 7) is 8.34. The summed E-state index contributed by atoms with van der Waals surface area (Å²) in [6, 6.07) is 12.2. The highest BCUT2D eigenvalue weighted by atomic mass is 16.5. The lowest BCUT2D eigenvalue weighted by Gasteiger charge is -2.11. The summed E-state index contributed by atoms with van der Waals surface area (Å²) in [4.78, 5) is 0.839. The molecule has 3 heteroatoms. The van der Waals surface area contributed by atoms with E-state index in [1.54, 1.807) is 0 Å². The normalized spacial score (nSPS) is 11.7. The first-order chi connectivity index (χ1) is 11.2. The fourth-order valence-corrected chi connectivity index (χ4v) is 2.95. The van der Waals surface area contributed by atoms with Crippen LogP contribution in [0, 0.1) is 5.21 Å². The molecule has 122 valence electrons. The van der Waals surface area contributed by atoms with Crippen molar-refractivity contribution in [3.8, 4) is 0 Å². The Hall–Kier alpha value is -2.16. The average molecular weight is 310 g/mol. The van der Waals surface area contributed by atoms with E-state index < -0.39 is 0 Å². The van der Waals surface area contributed by atoms with Crippen LogP contribution in [0.25, 0.3) is 0 Å². The summed E-state index contributed by atoms with van der Waals surface area (Å²) in [6.07, 6.45) is 3.40. The largest absolute Gasteiger partial charge is 0.594 e. The van der Waals surface area contributed by atoms with Crippen molar-refractivity contribution >= 4 is 11.4 Å². The quantitative estimate of drug-likeness (QED) is 0.374. The molecule has 0 unspecified atom stereocenters. The maximum absolute atomic E-state index is 12.9. The Bertz CT molecular complexity index is 660. The number of rotatable bonds is 6. The van der Waals surface area contributed by atoms with Crippen molar-refractivity contribution in [2.45, 2.75) is 53.4 Å². The molecular formula is C20H26N2O. The second kappa shape index (κ2) is 7.91. The first kappa shape index (κ1) is 17.2. The number of azo groups is 1. The van der Waals surface area contributed by atoms with Crippen molar-refractivity contribution < 1.29 is 4.86 Å². The van der Waals surface area contributed by atoms with Crippen molar-refractivity contribution in [1.82, 2.24) is 0 Å². The molecule has 0 aromatic heterocycles. The maximum atomic E-state index is 12.9. The summed E-state index contributed by atoms with van der Waals surface area (Å²) >= 11 is 0. The van der Waals surface area contributed by atoms with Crippen LogP contribution in [-0.2, 0) is 25.7 Å². The number of nitrogens with zero attached hydrogens (tertiary/aromatic N) is 2. The first-order valence-corrected chi connectivity index (χ1v) is 8.56. The van der Waals surface area contributed by atoms with Gasteiger partial charge in [-0.15, -0.1) is 0 Å². The second-order valence-corrected chi connectivity index (χ2v) is 5.64. The summed E-state index contributed by atoms with van der Waals surface area (Å²) in [7, 11) is 0. The Morgan fingerprint density at radius 1 is 0.739 bits per heavy atom. The van der Waals surface area contributed by atoms with Crippen molar-refractivity contribution in [1.29, 1.82) is 0 Å². The minimum Gasteiger partial charge on any atom is -0.594 e. The van der Waals surface area contributed by atoms with E-state index in [9.17, 15) is 5.21 Å². The van der Waals surface area contributed by atoms with Crippen LogP contribution in [0.4, 0.5) is 11.4 Å².